The largest absolute Gasteiger partial charge is 0.353 e. The van der Waals surface area contributed by atoms with E-state index in [0.717, 1.165) is 38.3 Å². The van der Waals surface area contributed by atoms with Crippen LogP contribution in [0.25, 0.3) is 0 Å². The molecule has 1 saturated heterocycles. The van der Waals surface area contributed by atoms with Gasteiger partial charge in [0.2, 0.25) is 11.8 Å². The first-order valence-corrected chi connectivity index (χ1v) is 9.09. The molecule has 138 valence electrons. The van der Waals surface area contributed by atoms with Crippen molar-refractivity contribution in [1.29, 1.82) is 0 Å². The van der Waals surface area contributed by atoms with Crippen molar-refractivity contribution in [3.05, 3.63) is 29.8 Å². The van der Waals surface area contributed by atoms with E-state index in [2.05, 4.69) is 33.4 Å². The molecular formula is C19H30N4O2. The maximum Gasteiger partial charge on any atom is 0.238 e. The Bertz CT molecular complexity index is 581. The zero-order valence-corrected chi connectivity index (χ0v) is 15.5. The molecule has 2 amide bonds. The maximum atomic E-state index is 12.2. The molecule has 0 atom stereocenters. The van der Waals surface area contributed by atoms with Crippen LogP contribution in [0.1, 0.15) is 26.3 Å². The summed E-state index contributed by atoms with van der Waals surface area (Å²) in [5.74, 6) is 0.0799. The highest BCUT2D eigenvalue weighted by atomic mass is 16.2. The SMILES string of the molecule is CCc1cccc(NC(=O)CN2CCN(CC(=O)NC(C)C)CC2)c1. The van der Waals surface area contributed by atoms with E-state index in [1.165, 1.54) is 5.56 Å². The number of amides is 2. The molecule has 25 heavy (non-hydrogen) atoms. The summed E-state index contributed by atoms with van der Waals surface area (Å²) in [6.45, 7) is 10.1. The molecule has 0 aliphatic carbocycles. The first-order chi connectivity index (χ1) is 12.0. The van der Waals surface area contributed by atoms with Gasteiger partial charge < -0.3 is 10.6 Å². The highest BCUT2D eigenvalue weighted by Crippen LogP contribution is 2.11. The molecule has 6 heteroatoms. The second-order valence-corrected chi connectivity index (χ2v) is 6.88. The fourth-order valence-corrected chi connectivity index (χ4v) is 2.95. The number of piperazine rings is 1. The third kappa shape index (κ3) is 6.84. The lowest BCUT2D eigenvalue weighted by Gasteiger charge is -2.33. The van der Waals surface area contributed by atoms with E-state index in [4.69, 9.17) is 0 Å². The Kier molecular flexibility index (Phi) is 7.40. The van der Waals surface area contributed by atoms with Gasteiger partial charge in [-0.1, -0.05) is 19.1 Å². The van der Waals surface area contributed by atoms with E-state index in [-0.39, 0.29) is 17.9 Å². The Morgan fingerprint density at radius 1 is 1.04 bits per heavy atom. The quantitative estimate of drug-likeness (QED) is 0.782. The third-order valence-electron chi connectivity index (χ3n) is 4.27. The van der Waals surface area contributed by atoms with Gasteiger partial charge in [-0.15, -0.1) is 0 Å². The van der Waals surface area contributed by atoms with Crippen LogP contribution >= 0.6 is 0 Å². The van der Waals surface area contributed by atoms with Crippen LogP contribution < -0.4 is 10.6 Å². The van der Waals surface area contributed by atoms with Crippen molar-refractivity contribution in [1.82, 2.24) is 15.1 Å². The van der Waals surface area contributed by atoms with Gasteiger partial charge in [0.1, 0.15) is 0 Å². The minimum absolute atomic E-state index is 0.0132. The molecule has 0 radical (unpaired) electrons. The van der Waals surface area contributed by atoms with E-state index < -0.39 is 0 Å². The fourth-order valence-electron chi connectivity index (χ4n) is 2.95. The molecule has 0 aromatic heterocycles. The summed E-state index contributed by atoms with van der Waals surface area (Å²) in [4.78, 5) is 28.3. The number of carbonyl (C=O) groups excluding carboxylic acids is 2. The second-order valence-electron chi connectivity index (χ2n) is 6.88. The van der Waals surface area contributed by atoms with Gasteiger partial charge in [0.15, 0.2) is 0 Å². The van der Waals surface area contributed by atoms with Crippen LogP contribution in [0.3, 0.4) is 0 Å². The molecule has 0 spiro atoms. The van der Waals surface area contributed by atoms with Crippen LogP contribution in [0, 0.1) is 0 Å². The molecule has 1 heterocycles. The van der Waals surface area contributed by atoms with Crippen LogP contribution in [0.2, 0.25) is 0 Å². The standard InChI is InChI=1S/C19H30N4O2/c1-4-16-6-5-7-17(12-16)21-19(25)14-23-10-8-22(9-11-23)13-18(24)20-15(2)3/h5-7,12,15H,4,8-11,13-14H2,1-3H3,(H,20,24)(H,21,25). The molecule has 0 unspecified atom stereocenters. The van der Waals surface area contributed by atoms with Gasteiger partial charge in [0.25, 0.3) is 0 Å². The lowest BCUT2D eigenvalue weighted by molar-refractivity contribution is -0.124. The van der Waals surface area contributed by atoms with Crippen LogP contribution in [0.15, 0.2) is 24.3 Å². The van der Waals surface area contributed by atoms with Gasteiger partial charge in [-0.2, -0.15) is 0 Å². The molecule has 0 bridgehead atoms. The summed E-state index contributed by atoms with van der Waals surface area (Å²) in [6, 6.07) is 8.13. The zero-order chi connectivity index (χ0) is 18.2. The van der Waals surface area contributed by atoms with Gasteiger partial charge in [-0.05, 0) is 38.0 Å². The lowest BCUT2D eigenvalue weighted by Crippen LogP contribution is -2.51. The molecular weight excluding hydrogens is 316 g/mol. The summed E-state index contributed by atoms with van der Waals surface area (Å²) in [5, 5.41) is 5.88. The number of aryl methyl sites for hydroxylation is 1. The van der Waals surface area contributed by atoms with Crippen molar-refractivity contribution in [2.45, 2.75) is 33.2 Å². The molecule has 2 rings (SSSR count). The van der Waals surface area contributed by atoms with Crippen molar-refractivity contribution in [3.8, 4) is 0 Å². The summed E-state index contributed by atoms with van der Waals surface area (Å²) in [7, 11) is 0. The Morgan fingerprint density at radius 2 is 1.64 bits per heavy atom. The Hall–Kier alpha value is -1.92. The van der Waals surface area contributed by atoms with Crippen LogP contribution in [-0.2, 0) is 16.0 Å². The van der Waals surface area contributed by atoms with Crippen LogP contribution in [-0.4, -0.2) is 66.9 Å². The van der Waals surface area contributed by atoms with Gasteiger partial charge >= 0.3 is 0 Å². The molecule has 1 aromatic rings. The summed E-state index contributed by atoms with van der Waals surface area (Å²) in [5.41, 5.74) is 2.07. The van der Waals surface area contributed by atoms with Crippen molar-refractivity contribution >= 4 is 17.5 Å². The number of carbonyl (C=O) groups is 2. The molecule has 1 aliphatic rings. The van der Waals surface area contributed by atoms with E-state index in [0.29, 0.717) is 13.1 Å². The minimum atomic E-state index is 0.0132. The number of hydrogen-bond donors (Lipinski definition) is 2. The molecule has 1 fully saturated rings. The predicted molar refractivity (Wildman–Crippen MR) is 101 cm³/mol. The number of anilines is 1. The molecule has 2 N–H and O–H groups in total. The van der Waals surface area contributed by atoms with Gasteiger partial charge in [-0.3, -0.25) is 19.4 Å². The Labute approximate surface area is 150 Å². The molecule has 1 aliphatic heterocycles. The molecule has 1 aromatic carbocycles. The third-order valence-corrected chi connectivity index (χ3v) is 4.27. The molecule has 6 nitrogen and oxygen atoms in total. The smallest absolute Gasteiger partial charge is 0.238 e. The fraction of sp³-hybridized carbons (Fsp3) is 0.579. The van der Waals surface area contributed by atoms with E-state index in [1.807, 2.05) is 32.0 Å². The predicted octanol–water partition coefficient (Wildman–Crippen LogP) is 1.33. The number of rotatable bonds is 7. The normalized spacial score (nSPS) is 16.0. The van der Waals surface area contributed by atoms with Gasteiger partial charge in [0.05, 0.1) is 13.1 Å². The minimum Gasteiger partial charge on any atom is -0.353 e. The average Bonchev–Trinajstić information content (AvgIpc) is 2.56. The van der Waals surface area contributed by atoms with Crippen molar-refractivity contribution in [2.24, 2.45) is 0 Å². The highest BCUT2D eigenvalue weighted by molar-refractivity contribution is 5.92. The highest BCUT2D eigenvalue weighted by Gasteiger charge is 2.20. The van der Waals surface area contributed by atoms with Gasteiger partial charge in [-0.25, -0.2) is 0 Å². The maximum absolute atomic E-state index is 12.2. The number of benzene rings is 1. The van der Waals surface area contributed by atoms with E-state index in [1.54, 1.807) is 0 Å². The molecule has 0 saturated carbocycles. The lowest BCUT2D eigenvalue weighted by atomic mass is 10.1. The first kappa shape index (κ1) is 19.4. The summed E-state index contributed by atoms with van der Waals surface area (Å²) >= 11 is 0. The Balaban J connectivity index is 1.72. The van der Waals surface area contributed by atoms with E-state index in [9.17, 15) is 9.59 Å². The zero-order valence-electron chi connectivity index (χ0n) is 15.5. The monoisotopic (exact) mass is 346 g/mol. The van der Waals surface area contributed by atoms with Crippen molar-refractivity contribution in [2.75, 3.05) is 44.6 Å². The van der Waals surface area contributed by atoms with Gasteiger partial charge in [0, 0.05) is 37.9 Å². The van der Waals surface area contributed by atoms with Crippen molar-refractivity contribution in [3.63, 3.8) is 0 Å². The average molecular weight is 346 g/mol. The van der Waals surface area contributed by atoms with Crippen LogP contribution in [0.5, 0.6) is 0 Å². The van der Waals surface area contributed by atoms with Crippen molar-refractivity contribution < 1.29 is 9.59 Å². The second kappa shape index (κ2) is 9.53. The summed E-state index contributed by atoms with van der Waals surface area (Å²) in [6.07, 6.45) is 0.954. The van der Waals surface area contributed by atoms with Crippen LogP contribution in [0.4, 0.5) is 5.69 Å². The first-order valence-electron chi connectivity index (χ1n) is 9.09. The topological polar surface area (TPSA) is 64.7 Å². The number of nitrogens with zero attached hydrogens (tertiary/aromatic N) is 2. The number of nitrogens with one attached hydrogen (secondary N) is 2. The van der Waals surface area contributed by atoms with E-state index >= 15 is 0 Å². The summed E-state index contributed by atoms with van der Waals surface area (Å²) < 4.78 is 0. The number of hydrogen-bond acceptors (Lipinski definition) is 4. The Morgan fingerprint density at radius 3 is 2.20 bits per heavy atom.